The smallest absolute Gasteiger partial charge is 0.329 e. The molecule has 6 heteroatoms. The first-order valence-corrected chi connectivity index (χ1v) is 6.48. The van der Waals surface area contributed by atoms with Crippen molar-refractivity contribution < 1.29 is 14.7 Å². The van der Waals surface area contributed by atoms with Gasteiger partial charge in [0.1, 0.15) is 5.54 Å². The molecule has 4 N–H and O–H groups in total. The molecule has 2 amide bonds. The Labute approximate surface area is 118 Å². The molecule has 1 atom stereocenters. The van der Waals surface area contributed by atoms with Crippen molar-refractivity contribution in [2.45, 2.75) is 32.4 Å². The van der Waals surface area contributed by atoms with Crippen molar-refractivity contribution >= 4 is 17.7 Å². The van der Waals surface area contributed by atoms with Crippen LogP contribution >= 0.6 is 0 Å². The first-order chi connectivity index (χ1) is 9.42. The third kappa shape index (κ3) is 3.96. The quantitative estimate of drug-likeness (QED) is 0.639. The summed E-state index contributed by atoms with van der Waals surface area (Å²) >= 11 is 0. The highest BCUT2D eigenvalue weighted by Gasteiger charge is 2.32. The maximum Gasteiger partial charge on any atom is 0.329 e. The van der Waals surface area contributed by atoms with E-state index < -0.39 is 17.5 Å². The van der Waals surface area contributed by atoms with Gasteiger partial charge in [-0.05, 0) is 32.0 Å². The summed E-state index contributed by atoms with van der Waals surface area (Å²) in [7, 11) is 1.81. The molecule has 110 valence electrons. The van der Waals surface area contributed by atoms with Crippen LogP contribution in [0.2, 0.25) is 0 Å². The third-order valence-electron chi connectivity index (χ3n) is 3.20. The molecule has 6 nitrogen and oxygen atoms in total. The van der Waals surface area contributed by atoms with E-state index in [0.717, 1.165) is 5.56 Å². The van der Waals surface area contributed by atoms with Crippen LogP contribution in [0.3, 0.4) is 0 Å². The molecule has 0 aliphatic heterocycles. The lowest BCUT2D eigenvalue weighted by Crippen LogP contribution is -2.53. The average molecular weight is 279 g/mol. The van der Waals surface area contributed by atoms with Crippen LogP contribution in [0.5, 0.6) is 0 Å². The number of urea groups is 1. The fraction of sp³-hybridized carbons (Fsp3) is 0.429. The second-order valence-electron chi connectivity index (χ2n) is 4.76. The highest BCUT2D eigenvalue weighted by molar-refractivity contribution is 5.94. The largest absolute Gasteiger partial charge is 0.480 e. The van der Waals surface area contributed by atoms with Crippen LogP contribution < -0.4 is 16.0 Å². The zero-order chi connectivity index (χ0) is 15.2. The Morgan fingerprint density at radius 2 is 1.95 bits per heavy atom. The van der Waals surface area contributed by atoms with Gasteiger partial charge in [-0.2, -0.15) is 0 Å². The normalized spacial score (nSPS) is 13.3. The van der Waals surface area contributed by atoms with E-state index in [4.69, 9.17) is 5.11 Å². The van der Waals surface area contributed by atoms with E-state index in [1.165, 1.54) is 6.92 Å². The molecule has 0 heterocycles. The van der Waals surface area contributed by atoms with E-state index in [0.29, 0.717) is 18.7 Å². The second kappa shape index (κ2) is 6.91. The molecule has 0 saturated heterocycles. The van der Waals surface area contributed by atoms with Gasteiger partial charge in [0.15, 0.2) is 0 Å². The molecular formula is C14H21N3O3. The zero-order valence-electron chi connectivity index (χ0n) is 12.0. The van der Waals surface area contributed by atoms with E-state index >= 15 is 0 Å². The molecule has 0 bridgehead atoms. The average Bonchev–Trinajstić information content (AvgIpc) is 2.40. The number of hydrogen-bond acceptors (Lipinski definition) is 3. The summed E-state index contributed by atoms with van der Waals surface area (Å²) < 4.78 is 0. The Bertz CT molecular complexity index is 490. The van der Waals surface area contributed by atoms with Crippen molar-refractivity contribution in [3.8, 4) is 0 Å². The second-order valence-corrected chi connectivity index (χ2v) is 4.76. The van der Waals surface area contributed by atoms with Crippen LogP contribution in [0.1, 0.15) is 25.8 Å². The number of carbonyl (C=O) groups is 2. The monoisotopic (exact) mass is 279 g/mol. The number of hydrogen-bond donors (Lipinski definition) is 4. The number of nitrogens with one attached hydrogen (secondary N) is 3. The van der Waals surface area contributed by atoms with Crippen molar-refractivity contribution in [3.63, 3.8) is 0 Å². The number of para-hydroxylation sites is 1. The van der Waals surface area contributed by atoms with Gasteiger partial charge in [0.25, 0.3) is 0 Å². The first-order valence-electron chi connectivity index (χ1n) is 6.48. The molecular weight excluding hydrogens is 258 g/mol. The van der Waals surface area contributed by atoms with Gasteiger partial charge in [0.05, 0.1) is 0 Å². The van der Waals surface area contributed by atoms with Gasteiger partial charge in [-0.25, -0.2) is 9.59 Å². The summed E-state index contributed by atoms with van der Waals surface area (Å²) in [6, 6.07) is 6.83. The lowest BCUT2D eigenvalue weighted by molar-refractivity contribution is -0.143. The van der Waals surface area contributed by atoms with Crippen LogP contribution in [-0.2, 0) is 11.3 Å². The summed E-state index contributed by atoms with van der Waals surface area (Å²) in [4.78, 5) is 23.1. The molecule has 0 aliphatic rings. The number of amides is 2. The standard InChI is InChI=1S/C14H21N3O3/c1-4-14(2,12(18)19)17-13(20)16-11-8-6-5-7-10(11)9-15-3/h5-8,15H,4,9H2,1-3H3,(H,18,19)(H2,16,17,20). The van der Waals surface area contributed by atoms with Crippen molar-refractivity contribution in [3.05, 3.63) is 29.8 Å². The van der Waals surface area contributed by atoms with Crippen LogP contribution in [-0.4, -0.2) is 29.7 Å². The Kier molecular flexibility index (Phi) is 5.52. The predicted molar refractivity (Wildman–Crippen MR) is 77.7 cm³/mol. The molecule has 0 aromatic heterocycles. The number of benzene rings is 1. The molecule has 0 fully saturated rings. The number of anilines is 1. The number of carboxylic acids is 1. The Balaban J connectivity index is 2.79. The topological polar surface area (TPSA) is 90.5 Å². The molecule has 0 saturated carbocycles. The van der Waals surface area contributed by atoms with Gasteiger partial charge >= 0.3 is 12.0 Å². The van der Waals surface area contributed by atoms with Crippen molar-refractivity contribution in [2.75, 3.05) is 12.4 Å². The van der Waals surface area contributed by atoms with E-state index in [2.05, 4.69) is 16.0 Å². The fourth-order valence-electron chi connectivity index (χ4n) is 1.68. The van der Waals surface area contributed by atoms with Gasteiger partial charge in [-0.1, -0.05) is 25.1 Å². The molecule has 1 aromatic rings. The third-order valence-corrected chi connectivity index (χ3v) is 3.20. The maximum absolute atomic E-state index is 11.9. The van der Waals surface area contributed by atoms with Crippen molar-refractivity contribution in [2.24, 2.45) is 0 Å². The van der Waals surface area contributed by atoms with Gasteiger partial charge in [-0.15, -0.1) is 0 Å². The lowest BCUT2D eigenvalue weighted by Gasteiger charge is -2.25. The number of aliphatic carboxylic acids is 1. The Morgan fingerprint density at radius 3 is 2.50 bits per heavy atom. The zero-order valence-corrected chi connectivity index (χ0v) is 12.0. The maximum atomic E-state index is 11.9. The molecule has 0 spiro atoms. The van der Waals surface area contributed by atoms with Crippen LogP contribution in [0.25, 0.3) is 0 Å². The molecule has 20 heavy (non-hydrogen) atoms. The number of rotatable bonds is 6. The van der Waals surface area contributed by atoms with Crippen molar-refractivity contribution in [1.29, 1.82) is 0 Å². The van der Waals surface area contributed by atoms with Crippen molar-refractivity contribution in [1.82, 2.24) is 10.6 Å². The van der Waals surface area contributed by atoms with E-state index in [-0.39, 0.29) is 0 Å². The molecule has 1 unspecified atom stereocenters. The van der Waals surface area contributed by atoms with Gasteiger partial charge in [0, 0.05) is 12.2 Å². The van der Waals surface area contributed by atoms with Crippen LogP contribution in [0, 0.1) is 0 Å². The van der Waals surface area contributed by atoms with Gasteiger partial charge < -0.3 is 21.1 Å². The summed E-state index contributed by atoms with van der Waals surface area (Å²) in [5.41, 5.74) is 0.309. The summed E-state index contributed by atoms with van der Waals surface area (Å²) in [6.45, 7) is 3.80. The van der Waals surface area contributed by atoms with E-state index in [1.807, 2.05) is 25.2 Å². The SMILES string of the molecule is CCC(C)(NC(=O)Nc1ccccc1CNC)C(=O)O. The molecule has 0 radical (unpaired) electrons. The van der Waals surface area contributed by atoms with Crippen LogP contribution in [0.15, 0.2) is 24.3 Å². The minimum Gasteiger partial charge on any atom is -0.480 e. The minimum atomic E-state index is -1.28. The molecule has 1 rings (SSSR count). The molecule has 1 aromatic carbocycles. The number of carbonyl (C=O) groups excluding carboxylic acids is 1. The highest BCUT2D eigenvalue weighted by atomic mass is 16.4. The van der Waals surface area contributed by atoms with E-state index in [1.54, 1.807) is 13.0 Å². The fourth-order valence-corrected chi connectivity index (χ4v) is 1.68. The summed E-state index contributed by atoms with van der Waals surface area (Å²) in [5.74, 6) is -1.06. The minimum absolute atomic E-state index is 0.300. The number of carboxylic acid groups (broad SMARTS) is 1. The highest BCUT2D eigenvalue weighted by Crippen LogP contribution is 2.15. The van der Waals surface area contributed by atoms with Gasteiger partial charge in [0.2, 0.25) is 0 Å². The summed E-state index contributed by atoms with van der Waals surface area (Å²) in [5, 5.41) is 17.3. The Hall–Kier alpha value is -2.08. The molecule has 0 aliphatic carbocycles. The van der Waals surface area contributed by atoms with Crippen LogP contribution in [0.4, 0.5) is 10.5 Å². The summed E-state index contributed by atoms with van der Waals surface area (Å²) in [6.07, 6.45) is 0.300. The lowest BCUT2D eigenvalue weighted by atomic mass is 10.00. The first kappa shape index (κ1) is 16.0. The van der Waals surface area contributed by atoms with Gasteiger partial charge in [-0.3, -0.25) is 0 Å². The predicted octanol–water partition coefficient (Wildman–Crippen LogP) is 1.78. The Morgan fingerprint density at radius 1 is 1.30 bits per heavy atom. The van der Waals surface area contributed by atoms with E-state index in [9.17, 15) is 9.59 Å².